The number of nitrogens with one attached hydrogen (secondary N) is 1. The van der Waals surface area contributed by atoms with Gasteiger partial charge in [0.1, 0.15) is 17.0 Å². The minimum Gasteiger partial charge on any atom is -0.352 e. The summed E-state index contributed by atoms with van der Waals surface area (Å²) in [7, 11) is 0. The maximum atomic E-state index is 13.3. The second-order valence-corrected chi connectivity index (χ2v) is 7.60. The number of hydrogen-bond acceptors (Lipinski definition) is 6. The van der Waals surface area contributed by atoms with E-state index in [0.717, 1.165) is 54.3 Å². The van der Waals surface area contributed by atoms with Crippen LogP contribution in [0.15, 0.2) is 49.1 Å². The first kappa shape index (κ1) is 18.9. The molecule has 7 nitrogen and oxygen atoms in total. The van der Waals surface area contributed by atoms with Crippen LogP contribution in [0.3, 0.4) is 0 Å². The zero-order valence-corrected chi connectivity index (χ0v) is 16.8. The SMILES string of the molecule is Fc1ccc(CN2CCN(c3nc4cnccc4nc3-c3ncc[nH]3)CC2)c(Cl)c1. The molecule has 1 aromatic carbocycles. The summed E-state index contributed by atoms with van der Waals surface area (Å²) >= 11 is 6.19. The van der Waals surface area contributed by atoms with E-state index in [9.17, 15) is 4.39 Å². The van der Waals surface area contributed by atoms with Crippen molar-refractivity contribution in [3.63, 3.8) is 0 Å². The molecule has 0 aliphatic carbocycles. The molecule has 5 rings (SSSR count). The van der Waals surface area contributed by atoms with Crippen molar-refractivity contribution in [2.24, 2.45) is 0 Å². The number of hydrogen-bond donors (Lipinski definition) is 1. The van der Waals surface area contributed by atoms with Crippen LogP contribution >= 0.6 is 11.6 Å². The second-order valence-electron chi connectivity index (χ2n) is 7.20. The van der Waals surface area contributed by atoms with Gasteiger partial charge >= 0.3 is 0 Å². The van der Waals surface area contributed by atoms with E-state index in [4.69, 9.17) is 21.6 Å². The summed E-state index contributed by atoms with van der Waals surface area (Å²) in [5.41, 5.74) is 3.20. The van der Waals surface area contributed by atoms with E-state index in [2.05, 4.69) is 24.8 Å². The molecule has 1 fully saturated rings. The molecule has 152 valence electrons. The van der Waals surface area contributed by atoms with Crippen LogP contribution in [-0.2, 0) is 6.54 Å². The highest BCUT2D eigenvalue weighted by Gasteiger charge is 2.24. The van der Waals surface area contributed by atoms with Crippen molar-refractivity contribution in [3.8, 4) is 11.5 Å². The summed E-state index contributed by atoms with van der Waals surface area (Å²) in [6, 6.07) is 6.41. The number of rotatable bonds is 4. The molecule has 0 atom stereocenters. The van der Waals surface area contributed by atoms with E-state index in [1.54, 1.807) is 30.9 Å². The molecule has 9 heteroatoms. The lowest BCUT2D eigenvalue weighted by atomic mass is 10.2. The van der Waals surface area contributed by atoms with Gasteiger partial charge in [0.05, 0.1) is 11.7 Å². The van der Waals surface area contributed by atoms with E-state index in [-0.39, 0.29) is 5.82 Å². The monoisotopic (exact) mass is 423 g/mol. The highest BCUT2D eigenvalue weighted by atomic mass is 35.5. The third kappa shape index (κ3) is 3.71. The van der Waals surface area contributed by atoms with Gasteiger partial charge in [-0.1, -0.05) is 17.7 Å². The second kappa shape index (κ2) is 7.97. The molecule has 0 saturated carbocycles. The Morgan fingerprint density at radius 2 is 1.90 bits per heavy atom. The number of aromatic amines is 1. The standard InChI is InChI=1S/C21H19ClFN7/c22-16-11-15(23)2-1-14(16)13-29-7-9-30(10-8-29)21-19(20-25-5-6-26-20)27-17-3-4-24-12-18(17)28-21/h1-6,11-12H,7-10,13H2,(H,25,26). The number of imidazole rings is 1. The van der Waals surface area contributed by atoms with Crippen molar-refractivity contribution in [1.29, 1.82) is 0 Å². The summed E-state index contributed by atoms with van der Waals surface area (Å²) in [6.07, 6.45) is 6.93. The number of pyridine rings is 1. The third-order valence-corrected chi connectivity index (χ3v) is 5.60. The lowest BCUT2D eigenvalue weighted by molar-refractivity contribution is 0.249. The summed E-state index contributed by atoms with van der Waals surface area (Å²) in [5, 5.41) is 0.463. The molecule has 1 N–H and O–H groups in total. The van der Waals surface area contributed by atoms with Crippen LogP contribution in [0.2, 0.25) is 5.02 Å². The molecule has 30 heavy (non-hydrogen) atoms. The average Bonchev–Trinajstić information content (AvgIpc) is 3.30. The predicted molar refractivity (Wildman–Crippen MR) is 114 cm³/mol. The Morgan fingerprint density at radius 1 is 1.03 bits per heavy atom. The number of aromatic nitrogens is 5. The Balaban J connectivity index is 1.38. The molecule has 4 aromatic rings. The predicted octanol–water partition coefficient (Wildman–Crippen LogP) is 3.53. The maximum Gasteiger partial charge on any atom is 0.159 e. The van der Waals surface area contributed by atoms with Gasteiger partial charge in [0.2, 0.25) is 0 Å². The largest absolute Gasteiger partial charge is 0.352 e. The molecule has 0 radical (unpaired) electrons. The number of piperazine rings is 1. The first-order chi connectivity index (χ1) is 14.7. The molecule has 1 aliphatic heterocycles. The number of H-pyrrole nitrogens is 1. The third-order valence-electron chi connectivity index (χ3n) is 5.25. The molecule has 0 spiro atoms. The zero-order chi connectivity index (χ0) is 20.5. The van der Waals surface area contributed by atoms with Gasteiger partial charge in [0.15, 0.2) is 11.6 Å². The van der Waals surface area contributed by atoms with Gasteiger partial charge in [0, 0.05) is 56.3 Å². The molecule has 3 aromatic heterocycles. The van der Waals surface area contributed by atoms with Crippen LogP contribution in [0.5, 0.6) is 0 Å². The van der Waals surface area contributed by atoms with Crippen LogP contribution in [0.4, 0.5) is 10.2 Å². The van der Waals surface area contributed by atoms with E-state index in [1.165, 1.54) is 12.1 Å². The molecule has 0 amide bonds. The van der Waals surface area contributed by atoms with Crippen LogP contribution in [-0.4, -0.2) is 56.0 Å². The summed E-state index contributed by atoms with van der Waals surface area (Å²) in [4.78, 5) is 25.9. The van der Waals surface area contributed by atoms with Crippen molar-refractivity contribution < 1.29 is 4.39 Å². The molecule has 4 heterocycles. The van der Waals surface area contributed by atoms with Gasteiger partial charge in [-0.2, -0.15) is 0 Å². The van der Waals surface area contributed by atoms with Crippen molar-refractivity contribution in [2.45, 2.75) is 6.54 Å². The number of nitrogens with zero attached hydrogens (tertiary/aromatic N) is 6. The van der Waals surface area contributed by atoms with Crippen LogP contribution in [0, 0.1) is 5.82 Å². The minimum absolute atomic E-state index is 0.316. The van der Waals surface area contributed by atoms with Crippen LogP contribution in [0.1, 0.15) is 5.56 Å². The lowest BCUT2D eigenvalue weighted by Gasteiger charge is -2.36. The van der Waals surface area contributed by atoms with Crippen LogP contribution in [0.25, 0.3) is 22.6 Å². The molecule has 1 saturated heterocycles. The van der Waals surface area contributed by atoms with Gasteiger partial charge in [-0.25, -0.2) is 19.3 Å². The van der Waals surface area contributed by atoms with Crippen molar-refractivity contribution in [3.05, 3.63) is 65.5 Å². The quantitative estimate of drug-likeness (QED) is 0.541. The molecule has 1 aliphatic rings. The highest BCUT2D eigenvalue weighted by Crippen LogP contribution is 2.28. The Morgan fingerprint density at radius 3 is 2.67 bits per heavy atom. The zero-order valence-electron chi connectivity index (χ0n) is 16.1. The van der Waals surface area contributed by atoms with Crippen molar-refractivity contribution >= 4 is 28.5 Å². The van der Waals surface area contributed by atoms with E-state index < -0.39 is 0 Å². The normalized spacial score (nSPS) is 15.1. The maximum absolute atomic E-state index is 13.3. The highest BCUT2D eigenvalue weighted by molar-refractivity contribution is 6.31. The fraction of sp³-hybridized carbons (Fsp3) is 0.238. The summed E-state index contributed by atoms with van der Waals surface area (Å²) < 4.78 is 13.3. The van der Waals surface area contributed by atoms with Crippen LogP contribution < -0.4 is 4.90 Å². The molecule has 0 bridgehead atoms. The Kier molecular flexibility index (Phi) is 5.02. The van der Waals surface area contributed by atoms with E-state index in [0.29, 0.717) is 17.4 Å². The van der Waals surface area contributed by atoms with Gasteiger partial charge in [-0.3, -0.25) is 9.88 Å². The summed E-state index contributed by atoms with van der Waals surface area (Å²) in [6.45, 7) is 3.92. The number of benzene rings is 1. The number of anilines is 1. The molecule has 0 unspecified atom stereocenters. The van der Waals surface area contributed by atoms with Crippen molar-refractivity contribution in [2.75, 3.05) is 31.1 Å². The summed E-state index contributed by atoms with van der Waals surface area (Å²) in [5.74, 6) is 1.17. The minimum atomic E-state index is -0.316. The smallest absolute Gasteiger partial charge is 0.159 e. The topological polar surface area (TPSA) is 73.8 Å². The Hall–Kier alpha value is -3.10. The first-order valence-corrected chi connectivity index (χ1v) is 10.1. The lowest BCUT2D eigenvalue weighted by Crippen LogP contribution is -2.46. The molecular formula is C21H19ClFN7. The van der Waals surface area contributed by atoms with Gasteiger partial charge in [-0.15, -0.1) is 0 Å². The molecular weight excluding hydrogens is 405 g/mol. The van der Waals surface area contributed by atoms with E-state index >= 15 is 0 Å². The van der Waals surface area contributed by atoms with E-state index in [1.807, 2.05) is 6.07 Å². The Labute approximate surface area is 177 Å². The Bertz CT molecular complexity index is 1170. The fourth-order valence-electron chi connectivity index (χ4n) is 3.68. The number of fused-ring (bicyclic) bond motifs is 1. The van der Waals surface area contributed by atoms with Crippen molar-refractivity contribution in [1.82, 2.24) is 29.8 Å². The fourth-order valence-corrected chi connectivity index (χ4v) is 3.91. The average molecular weight is 424 g/mol. The van der Waals surface area contributed by atoms with Gasteiger partial charge in [0.25, 0.3) is 0 Å². The number of halogens is 2. The van der Waals surface area contributed by atoms with Gasteiger partial charge < -0.3 is 9.88 Å². The van der Waals surface area contributed by atoms with Gasteiger partial charge in [-0.05, 0) is 23.8 Å². The first-order valence-electron chi connectivity index (χ1n) is 9.70.